The van der Waals surface area contributed by atoms with Gasteiger partial charge in [0, 0.05) is 41.2 Å². The molecule has 0 amide bonds. The summed E-state index contributed by atoms with van der Waals surface area (Å²) in [5.41, 5.74) is 9.06. The third-order valence-electron chi connectivity index (χ3n) is 5.47. The van der Waals surface area contributed by atoms with Gasteiger partial charge in [0.15, 0.2) is 0 Å². The summed E-state index contributed by atoms with van der Waals surface area (Å²) in [5, 5.41) is 0.698. The van der Waals surface area contributed by atoms with Gasteiger partial charge in [0.1, 0.15) is 22.2 Å². The molecule has 0 aliphatic carbocycles. The van der Waals surface area contributed by atoms with Gasteiger partial charge in [0.2, 0.25) is 11.8 Å². The predicted molar refractivity (Wildman–Crippen MR) is 134 cm³/mol. The van der Waals surface area contributed by atoms with E-state index in [9.17, 15) is 17.2 Å². The van der Waals surface area contributed by atoms with Crippen molar-refractivity contribution in [3.8, 4) is 28.3 Å². The summed E-state index contributed by atoms with van der Waals surface area (Å²) < 4.78 is 60.7. The molecule has 9 nitrogen and oxygen atoms in total. The standard InChI is InChI=1S/C25H18F2N6O3S/c1-36-24-21(33-37(34,35)22-5-3-17(26)12-19(22)27)11-16(13-30-24)15-2-4-20-18(10-15)23(32-25(28)31-20)14-6-8-29-9-7-14/h2-13,33H,1H3,(H2,28,31,32). The van der Waals surface area contributed by atoms with Gasteiger partial charge < -0.3 is 10.5 Å². The van der Waals surface area contributed by atoms with Crippen LogP contribution < -0.4 is 15.2 Å². The molecule has 0 spiro atoms. The van der Waals surface area contributed by atoms with Crippen LogP contribution in [0.1, 0.15) is 0 Å². The van der Waals surface area contributed by atoms with E-state index in [0.29, 0.717) is 33.8 Å². The third kappa shape index (κ3) is 4.74. The summed E-state index contributed by atoms with van der Waals surface area (Å²) >= 11 is 0. The Morgan fingerprint density at radius 1 is 0.919 bits per heavy atom. The second-order valence-electron chi connectivity index (χ2n) is 7.86. The van der Waals surface area contributed by atoms with Gasteiger partial charge in [-0.2, -0.15) is 0 Å². The molecule has 3 aromatic heterocycles. The fourth-order valence-electron chi connectivity index (χ4n) is 3.79. The Labute approximate surface area is 210 Å². The first-order valence-electron chi connectivity index (χ1n) is 10.7. The molecule has 0 saturated carbocycles. The van der Waals surface area contributed by atoms with Crippen LogP contribution in [-0.4, -0.2) is 35.5 Å². The molecule has 3 N–H and O–H groups in total. The minimum atomic E-state index is -4.43. The van der Waals surface area contributed by atoms with Crippen LogP contribution in [0.25, 0.3) is 33.3 Å². The highest BCUT2D eigenvalue weighted by atomic mass is 32.2. The minimum Gasteiger partial charge on any atom is -0.480 e. The number of nitrogen functional groups attached to an aromatic ring is 1. The number of ether oxygens (including phenoxy) is 1. The van der Waals surface area contributed by atoms with Crippen molar-refractivity contribution in [3.05, 3.63) is 84.8 Å². The topological polar surface area (TPSA) is 133 Å². The highest BCUT2D eigenvalue weighted by Crippen LogP contribution is 2.34. The predicted octanol–water partition coefficient (Wildman–Crippen LogP) is 4.42. The van der Waals surface area contributed by atoms with Crippen molar-refractivity contribution in [2.75, 3.05) is 17.6 Å². The fourth-order valence-corrected chi connectivity index (χ4v) is 4.90. The summed E-state index contributed by atoms with van der Waals surface area (Å²) in [7, 11) is -3.11. The molecule has 0 saturated heterocycles. The summed E-state index contributed by atoms with van der Waals surface area (Å²) in [6.07, 6.45) is 4.78. The van der Waals surface area contributed by atoms with Crippen LogP contribution >= 0.6 is 0 Å². The molecule has 12 heteroatoms. The van der Waals surface area contributed by atoms with Crippen molar-refractivity contribution in [1.29, 1.82) is 0 Å². The number of halogens is 2. The van der Waals surface area contributed by atoms with Gasteiger partial charge in [0.25, 0.3) is 10.0 Å². The third-order valence-corrected chi connectivity index (χ3v) is 6.87. The lowest BCUT2D eigenvalue weighted by atomic mass is 10.0. The summed E-state index contributed by atoms with van der Waals surface area (Å²) in [5.74, 6) is -2.05. The molecular formula is C25H18F2N6O3S. The average Bonchev–Trinajstić information content (AvgIpc) is 2.88. The molecule has 0 aliphatic heterocycles. The second-order valence-corrected chi connectivity index (χ2v) is 9.51. The zero-order valence-electron chi connectivity index (χ0n) is 19.2. The number of nitrogens with zero attached hydrogens (tertiary/aromatic N) is 4. The highest BCUT2D eigenvalue weighted by Gasteiger charge is 2.22. The Kier molecular flexibility index (Phi) is 6.09. The number of hydrogen-bond donors (Lipinski definition) is 2. The molecule has 0 bridgehead atoms. The number of nitrogens with two attached hydrogens (primary N) is 1. The maximum atomic E-state index is 14.2. The number of pyridine rings is 2. The largest absolute Gasteiger partial charge is 0.480 e. The van der Waals surface area contributed by atoms with E-state index in [1.54, 1.807) is 36.7 Å². The van der Waals surface area contributed by atoms with Gasteiger partial charge >= 0.3 is 0 Å². The molecular weight excluding hydrogens is 502 g/mol. The first-order chi connectivity index (χ1) is 17.7. The molecule has 0 aliphatic rings. The zero-order valence-corrected chi connectivity index (χ0v) is 20.0. The lowest BCUT2D eigenvalue weighted by molar-refractivity contribution is 0.400. The number of aromatic nitrogens is 4. The van der Waals surface area contributed by atoms with Gasteiger partial charge in [-0.25, -0.2) is 32.2 Å². The highest BCUT2D eigenvalue weighted by molar-refractivity contribution is 7.92. The van der Waals surface area contributed by atoms with Gasteiger partial charge in [-0.1, -0.05) is 6.07 Å². The van der Waals surface area contributed by atoms with Gasteiger partial charge in [-0.15, -0.1) is 0 Å². The number of sulfonamides is 1. The normalized spacial score (nSPS) is 11.4. The molecule has 5 aromatic rings. The Morgan fingerprint density at radius 3 is 2.43 bits per heavy atom. The number of anilines is 2. The van der Waals surface area contributed by atoms with Crippen molar-refractivity contribution in [1.82, 2.24) is 19.9 Å². The number of fused-ring (bicyclic) bond motifs is 1. The maximum absolute atomic E-state index is 14.2. The van der Waals surface area contributed by atoms with E-state index in [0.717, 1.165) is 17.7 Å². The van der Waals surface area contributed by atoms with E-state index in [2.05, 4.69) is 24.7 Å². The Balaban J connectivity index is 1.60. The molecule has 0 atom stereocenters. The zero-order chi connectivity index (χ0) is 26.2. The Hall–Kier alpha value is -4.71. The van der Waals surface area contributed by atoms with Gasteiger partial charge in [-0.05, 0) is 48.0 Å². The maximum Gasteiger partial charge on any atom is 0.264 e. The first kappa shape index (κ1) is 24.0. The number of methoxy groups -OCH3 is 1. The van der Waals surface area contributed by atoms with Crippen molar-refractivity contribution in [2.45, 2.75) is 4.90 Å². The van der Waals surface area contributed by atoms with E-state index in [1.807, 2.05) is 6.07 Å². The van der Waals surface area contributed by atoms with Crippen molar-refractivity contribution in [3.63, 3.8) is 0 Å². The monoisotopic (exact) mass is 520 g/mol. The van der Waals surface area contributed by atoms with Gasteiger partial charge in [0.05, 0.1) is 18.3 Å². The molecule has 37 heavy (non-hydrogen) atoms. The summed E-state index contributed by atoms with van der Waals surface area (Å²) in [6.45, 7) is 0. The van der Waals surface area contributed by atoms with Gasteiger partial charge in [-0.3, -0.25) is 9.71 Å². The fraction of sp³-hybridized carbons (Fsp3) is 0.0400. The van der Waals surface area contributed by atoms with Crippen molar-refractivity contribution in [2.24, 2.45) is 0 Å². The lowest BCUT2D eigenvalue weighted by Gasteiger charge is -2.14. The Morgan fingerprint density at radius 2 is 1.70 bits per heavy atom. The van der Waals surface area contributed by atoms with Crippen LogP contribution in [0.3, 0.4) is 0 Å². The first-order valence-corrected chi connectivity index (χ1v) is 12.2. The van der Waals surface area contributed by atoms with E-state index < -0.39 is 26.6 Å². The second kappa shape index (κ2) is 9.39. The van der Waals surface area contributed by atoms with Crippen LogP contribution in [0.2, 0.25) is 0 Å². The molecule has 2 aromatic carbocycles. The molecule has 5 rings (SSSR count). The minimum absolute atomic E-state index is 0.0354. The van der Waals surface area contributed by atoms with E-state index in [4.69, 9.17) is 10.5 Å². The van der Waals surface area contributed by atoms with Crippen LogP contribution in [0.15, 0.2) is 78.1 Å². The van der Waals surface area contributed by atoms with Crippen molar-refractivity contribution >= 4 is 32.6 Å². The number of benzene rings is 2. The van der Waals surface area contributed by atoms with Crippen molar-refractivity contribution < 1.29 is 21.9 Å². The molecule has 0 fully saturated rings. The van der Waals surface area contributed by atoms with Crippen LogP contribution in [0.4, 0.5) is 20.4 Å². The number of rotatable bonds is 6. The van der Waals surface area contributed by atoms with Crippen LogP contribution in [-0.2, 0) is 10.0 Å². The summed E-state index contributed by atoms with van der Waals surface area (Å²) in [4.78, 5) is 16.2. The van der Waals surface area contributed by atoms with E-state index >= 15 is 0 Å². The average molecular weight is 521 g/mol. The number of hydrogen-bond acceptors (Lipinski definition) is 8. The summed E-state index contributed by atoms with van der Waals surface area (Å²) in [6, 6.07) is 12.6. The molecule has 0 unspecified atom stereocenters. The molecule has 0 radical (unpaired) electrons. The smallest absolute Gasteiger partial charge is 0.264 e. The van der Waals surface area contributed by atoms with Crippen LogP contribution in [0, 0.1) is 11.6 Å². The lowest BCUT2D eigenvalue weighted by Crippen LogP contribution is -2.15. The Bertz CT molecular complexity index is 1750. The van der Waals surface area contributed by atoms with Crippen LogP contribution in [0.5, 0.6) is 5.88 Å². The molecule has 3 heterocycles. The van der Waals surface area contributed by atoms with E-state index in [-0.39, 0.29) is 17.5 Å². The SMILES string of the molecule is COc1ncc(-c2ccc3nc(N)nc(-c4ccncc4)c3c2)cc1NS(=O)(=O)c1ccc(F)cc1F. The quantitative estimate of drug-likeness (QED) is 0.336. The number of nitrogens with one attached hydrogen (secondary N) is 1. The van der Waals surface area contributed by atoms with E-state index in [1.165, 1.54) is 19.4 Å². The molecule has 186 valence electrons.